The molecule has 0 radical (unpaired) electrons. The number of benzene rings is 2. The van der Waals surface area contributed by atoms with Crippen LogP contribution in [0.5, 0.6) is 5.75 Å². The normalized spacial score (nSPS) is 15.3. The Morgan fingerprint density at radius 3 is 2.76 bits per heavy atom. The van der Waals surface area contributed by atoms with Crippen LogP contribution in [-0.4, -0.2) is 24.9 Å². The van der Waals surface area contributed by atoms with Crippen molar-refractivity contribution in [2.75, 3.05) is 5.73 Å². The van der Waals surface area contributed by atoms with Crippen LogP contribution >= 0.6 is 35.6 Å². The molecule has 29 heavy (non-hydrogen) atoms. The van der Waals surface area contributed by atoms with Gasteiger partial charge in [0.2, 0.25) is 0 Å². The summed E-state index contributed by atoms with van der Waals surface area (Å²) in [5, 5.41) is 16.3. The molecule has 1 atom stereocenters. The fourth-order valence-corrected chi connectivity index (χ4v) is 4.40. The third-order valence-corrected chi connectivity index (χ3v) is 5.84. The number of phenols is 1. The highest BCUT2D eigenvalue weighted by atomic mass is 35.5. The Kier molecular flexibility index (Phi) is 5.02. The summed E-state index contributed by atoms with van der Waals surface area (Å²) in [6, 6.07) is 9.12. The Labute approximate surface area is 182 Å². The topological polar surface area (TPSA) is 89.9 Å². The van der Waals surface area contributed by atoms with E-state index in [1.165, 1.54) is 18.0 Å². The number of fused-ring (bicyclic) bond motifs is 2. The predicted molar refractivity (Wildman–Crippen MR) is 117 cm³/mol. The molecule has 0 spiro atoms. The number of aromatic hydroxyl groups is 1. The van der Waals surface area contributed by atoms with Gasteiger partial charge in [-0.1, -0.05) is 35.3 Å². The summed E-state index contributed by atoms with van der Waals surface area (Å²) < 4.78 is 1.92. The average Bonchev–Trinajstić information content (AvgIpc) is 3.27. The molecule has 9 heteroatoms. The van der Waals surface area contributed by atoms with Crippen LogP contribution in [0.3, 0.4) is 0 Å². The molecule has 3 N–H and O–H groups in total. The summed E-state index contributed by atoms with van der Waals surface area (Å²) in [6.45, 7) is 0. The van der Waals surface area contributed by atoms with Gasteiger partial charge in [-0.2, -0.15) is 5.10 Å². The van der Waals surface area contributed by atoms with Gasteiger partial charge < -0.3 is 10.8 Å². The zero-order valence-corrected chi connectivity index (χ0v) is 17.3. The van der Waals surface area contributed by atoms with Gasteiger partial charge in [0.05, 0.1) is 27.2 Å². The van der Waals surface area contributed by atoms with Crippen molar-refractivity contribution < 1.29 is 5.11 Å². The number of nitrogens with two attached hydrogens (primary N) is 1. The first-order valence-electron chi connectivity index (χ1n) is 8.75. The molecule has 0 amide bonds. The summed E-state index contributed by atoms with van der Waals surface area (Å²) in [6.07, 6.45) is 4.73. The van der Waals surface area contributed by atoms with Gasteiger partial charge in [-0.15, -0.1) is 12.4 Å². The van der Waals surface area contributed by atoms with Gasteiger partial charge in [0, 0.05) is 17.4 Å². The fourth-order valence-electron chi connectivity index (χ4n) is 3.93. The maximum atomic E-state index is 10.2. The molecule has 1 unspecified atom stereocenters. The molecular weight excluding hydrogens is 433 g/mol. The lowest BCUT2D eigenvalue weighted by atomic mass is 10.1. The molecule has 1 aliphatic rings. The summed E-state index contributed by atoms with van der Waals surface area (Å²) >= 11 is 12.5. The SMILES string of the molecule is Cl.Nc1cccc2c1CC(n1nc3ncncc3c1-c1cc(O)c(Cl)cc1Cl)C2. The van der Waals surface area contributed by atoms with E-state index in [4.69, 9.17) is 34.0 Å². The summed E-state index contributed by atoms with van der Waals surface area (Å²) in [7, 11) is 0. The monoisotopic (exact) mass is 447 g/mol. The molecule has 0 saturated heterocycles. The molecule has 2 aromatic heterocycles. The van der Waals surface area contributed by atoms with Crippen molar-refractivity contribution in [1.82, 2.24) is 19.7 Å². The lowest BCUT2D eigenvalue weighted by Crippen LogP contribution is -2.12. The molecule has 2 aromatic carbocycles. The first-order valence-corrected chi connectivity index (χ1v) is 9.51. The first kappa shape index (κ1) is 19.8. The van der Waals surface area contributed by atoms with Crippen molar-refractivity contribution in [1.29, 1.82) is 0 Å². The van der Waals surface area contributed by atoms with Crippen molar-refractivity contribution in [2.24, 2.45) is 0 Å². The van der Waals surface area contributed by atoms with Gasteiger partial charge in [0.1, 0.15) is 12.1 Å². The minimum Gasteiger partial charge on any atom is -0.506 e. The molecule has 148 valence electrons. The number of nitrogen functional groups attached to an aromatic ring is 1. The highest BCUT2D eigenvalue weighted by Crippen LogP contribution is 2.42. The van der Waals surface area contributed by atoms with E-state index in [-0.39, 0.29) is 29.2 Å². The number of phenolic OH excluding ortho intramolecular Hbond substituents is 1. The van der Waals surface area contributed by atoms with Gasteiger partial charge >= 0.3 is 0 Å². The van der Waals surface area contributed by atoms with Crippen LogP contribution in [0.1, 0.15) is 17.2 Å². The third kappa shape index (κ3) is 3.17. The van der Waals surface area contributed by atoms with Crippen LogP contribution in [0.4, 0.5) is 5.69 Å². The largest absolute Gasteiger partial charge is 0.506 e. The Morgan fingerprint density at radius 2 is 1.97 bits per heavy atom. The van der Waals surface area contributed by atoms with Crippen molar-refractivity contribution >= 4 is 52.3 Å². The zero-order valence-electron chi connectivity index (χ0n) is 15.0. The van der Waals surface area contributed by atoms with Gasteiger partial charge in [0.15, 0.2) is 5.65 Å². The van der Waals surface area contributed by atoms with Crippen LogP contribution in [0.25, 0.3) is 22.3 Å². The van der Waals surface area contributed by atoms with Crippen LogP contribution in [0.15, 0.2) is 42.9 Å². The van der Waals surface area contributed by atoms with Crippen LogP contribution in [0, 0.1) is 0 Å². The summed E-state index contributed by atoms with van der Waals surface area (Å²) in [5.41, 5.74) is 11.3. The second-order valence-corrected chi connectivity index (χ2v) is 7.70. The van der Waals surface area contributed by atoms with E-state index in [1.54, 1.807) is 12.3 Å². The lowest BCUT2D eigenvalue weighted by molar-refractivity contribution is 0.474. The van der Waals surface area contributed by atoms with E-state index in [2.05, 4.69) is 16.0 Å². The molecule has 0 fully saturated rings. The van der Waals surface area contributed by atoms with Gasteiger partial charge in [-0.05, 0) is 42.2 Å². The van der Waals surface area contributed by atoms with E-state index in [9.17, 15) is 5.11 Å². The van der Waals surface area contributed by atoms with Gasteiger partial charge in [-0.25, -0.2) is 9.97 Å². The smallest absolute Gasteiger partial charge is 0.184 e. The number of rotatable bonds is 2. The molecule has 0 saturated carbocycles. The van der Waals surface area contributed by atoms with E-state index in [1.807, 2.05) is 16.8 Å². The van der Waals surface area contributed by atoms with Crippen LogP contribution < -0.4 is 5.73 Å². The molecule has 4 aromatic rings. The Bertz CT molecular complexity index is 1240. The quantitative estimate of drug-likeness (QED) is 0.428. The lowest BCUT2D eigenvalue weighted by Gasteiger charge is -2.16. The standard InChI is InChI=1S/C20H15Cl2N5O.ClH/c21-15-7-16(22)18(28)6-13(15)19-14-8-24-9-25-20(14)26-27(19)11-4-10-2-1-3-17(23)12(10)5-11;/h1-3,6-9,11,28H,4-5,23H2;1H. The van der Waals surface area contributed by atoms with Crippen LogP contribution in [0.2, 0.25) is 10.0 Å². The molecular formula is C20H16Cl3N5O. The van der Waals surface area contributed by atoms with E-state index < -0.39 is 0 Å². The van der Waals surface area contributed by atoms with Gasteiger partial charge in [0.25, 0.3) is 0 Å². The number of halogens is 3. The minimum atomic E-state index is -0.0437. The minimum absolute atomic E-state index is 0. The Morgan fingerprint density at radius 1 is 1.14 bits per heavy atom. The Hall–Kier alpha value is -2.54. The number of aromatic nitrogens is 4. The molecule has 0 aliphatic heterocycles. The van der Waals surface area contributed by atoms with E-state index in [0.717, 1.165) is 35.2 Å². The van der Waals surface area contributed by atoms with Crippen molar-refractivity contribution in [3.63, 3.8) is 0 Å². The molecule has 0 bridgehead atoms. The first-order chi connectivity index (χ1) is 13.5. The predicted octanol–water partition coefficient (Wildman–Crippen LogP) is 4.85. The fraction of sp³-hybridized carbons (Fsp3) is 0.150. The van der Waals surface area contributed by atoms with Crippen molar-refractivity contribution in [2.45, 2.75) is 18.9 Å². The number of anilines is 1. The van der Waals surface area contributed by atoms with Crippen molar-refractivity contribution in [3.05, 3.63) is 64.0 Å². The van der Waals surface area contributed by atoms with Crippen LogP contribution in [-0.2, 0) is 12.8 Å². The maximum absolute atomic E-state index is 10.2. The van der Waals surface area contributed by atoms with E-state index in [0.29, 0.717) is 16.2 Å². The number of hydrogen-bond donors (Lipinski definition) is 2. The van der Waals surface area contributed by atoms with Crippen molar-refractivity contribution in [3.8, 4) is 17.0 Å². The highest BCUT2D eigenvalue weighted by molar-refractivity contribution is 6.37. The Balaban J connectivity index is 0.00000205. The summed E-state index contributed by atoms with van der Waals surface area (Å²) in [5.74, 6) is -0.0437. The average molecular weight is 449 g/mol. The third-order valence-electron chi connectivity index (χ3n) is 5.22. The number of nitrogens with zero attached hydrogens (tertiary/aromatic N) is 4. The molecule has 2 heterocycles. The second-order valence-electron chi connectivity index (χ2n) is 6.88. The summed E-state index contributed by atoms with van der Waals surface area (Å²) in [4.78, 5) is 8.44. The molecule has 6 nitrogen and oxygen atoms in total. The maximum Gasteiger partial charge on any atom is 0.184 e. The molecule has 1 aliphatic carbocycles. The number of hydrogen-bond acceptors (Lipinski definition) is 5. The van der Waals surface area contributed by atoms with Gasteiger partial charge in [-0.3, -0.25) is 4.68 Å². The molecule has 5 rings (SSSR count). The highest BCUT2D eigenvalue weighted by Gasteiger charge is 2.29. The second kappa shape index (κ2) is 7.37. The van der Waals surface area contributed by atoms with E-state index >= 15 is 0 Å². The zero-order chi connectivity index (χ0) is 19.4.